The number of hydrazine groups is 1. The van der Waals surface area contributed by atoms with E-state index < -0.39 is 36.6 Å². The molecule has 2 aliphatic rings. The summed E-state index contributed by atoms with van der Waals surface area (Å²) in [6, 6.07) is 6.51. The third-order valence-corrected chi connectivity index (χ3v) is 3.63. The highest BCUT2D eigenvalue weighted by molar-refractivity contribution is 5.31. The van der Waals surface area contributed by atoms with E-state index in [1.807, 2.05) is 0 Å². The molecule has 1 heterocycles. The number of benzene rings is 1. The first-order valence-electron chi connectivity index (χ1n) is 5.83. The summed E-state index contributed by atoms with van der Waals surface area (Å²) in [6.07, 6.45) is -5.63. The van der Waals surface area contributed by atoms with Crippen LogP contribution in [0.2, 0.25) is 0 Å². The van der Waals surface area contributed by atoms with Gasteiger partial charge < -0.3 is 0 Å². The Morgan fingerprint density at radius 1 is 1.11 bits per heavy atom. The Balaban J connectivity index is 1.87. The summed E-state index contributed by atoms with van der Waals surface area (Å²) in [5, 5.41) is 0.903. The molecule has 1 saturated carbocycles. The molecule has 1 N–H and O–H groups in total. The van der Waals surface area contributed by atoms with E-state index in [0.717, 1.165) is 5.01 Å². The lowest BCUT2D eigenvalue weighted by molar-refractivity contribution is -0.188. The van der Waals surface area contributed by atoms with Crippen LogP contribution in [0.25, 0.3) is 0 Å². The highest BCUT2D eigenvalue weighted by atomic mass is 19.4. The molecule has 1 saturated heterocycles. The monoisotopic (exact) mass is 278 g/mol. The van der Waals surface area contributed by atoms with Crippen LogP contribution in [0.5, 0.6) is 0 Å². The van der Waals surface area contributed by atoms with Gasteiger partial charge >= 0.3 is 6.18 Å². The molecule has 0 amide bonds. The van der Waals surface area contributed by atoms with Crippen molar-refractivity contribution in [2.24, 2.45) is 0 Å². The molecule has 0 spiro atoms. The van der Waals surface area contributed by atoms with Gasteiger partial charge in [-0.1, -0.05) is 30.3 Å². The van der Waals surface area contributed by atoms with Gasteiger partial charge in [0.2, 0.25) is 5.66 Å². The Hall–Kier alpha value is -1.21. The Morgan fingerprint density at radius 3 is 2.16 bits per heavy atom. The van der Waals surface area contributed by atoms with Gasteiger partial charge in [-0.05, 0) is 5.56 Å². The molecule has 104 valence electrons. The summed E-state index contributed by atoms with van der Waals surface area (Å²) in [4.78, 5) is 0. The first kappa shape index (κ1) is 12.8. The van der Waals surface area contributed by atoms with Crippen LogP contribution >= 0.6 is 0 Å². The quantitative estimate of drug-likeness (QED) is 0.664. The van der Waals surface area contributed by atoms with Crippen molar-refractivity contribution < 1.29 is 22.0 Å². The van der Waals surface area contributed by atoms with Gasteiger partial charge in [-0.15, -0.1) is 0 Å². The second-order valence-corrected chi connectivity index (χ2v) is 4.97. The normalized spacial score (nSPS) is 33.8. The summed E-state index contributed by atoms with van der Waals surface area (Å²) >= 11 is 0. The van der Waals surface area contributed by atoms with E-state index in [1.54, 1.807) is 6.07 Å². The number of hydrogen-bond acceptors (Lipinski definition) is 2. The number of hydrogen-bond donors (Lipinski definition) is 1. The van der Waals surface area contributed by atoms with Crippen LogP contribution in [0.1, 0.15) is 18.4 Å². The predicted octanol–water partition coefficient (Wildman–Crippen LogP) is 3.02. The second kappa shape index (κ2) is 3.67. The molecule has 1 aliphatic heterocycles. The maximum Gasteiger partial charge on any atom is 0.426 e. The molecule has 0 radical (unpaired) electrons. The van der Waals surface area contributed by atoms with Crippen LogP contribution in [-0.4, -0.2) is 23.1 Å². The molecular formula is C12H11F5N2. The third-order valence-electron chi connectivity index (χ3n) is 3.63. The molecule has 2 atom stereocenters. The largest absolute Gasteiger partial charge is 0.426 e. The lowest BCUT2D eigenvalue weighted by atomic mass is 9.87. The number of alkyl halides is 5. The van der Waals surface area contributed by atoms with Gasteiger partial charge in [0, 0.05) is 18.9 Å². The van der Waals surface area contributed by atoms with Crippen LogP contribution in [0.4, 0.5) is 22.0 Å². The highest BCUT2D eigenvalue weighted by Crippen LogP contribution is 2.55. The molecule has 1 aromatic rings. The summed E-state index contributed by atoms with van der Waals surface area (Å²) in [7, 11) is 0. The van der Waals surface area contributed by atoms with Gasteiger partial charge in [0.05, 0.1) is 0 Å². The fraction of sp³-hybridized carbons (Fsp3) is 0.500. The Kier molecular flexibility index (Phi) is 2.47. The van der Waals surface area contributed by atoms with Gasteiger partial charge in [0.1, 0.15) is 0 Å². The minimum Gasteiger partial charge on any atom is -0.219 e. The van der Waals surface area contributed by atoms with Crippen LogP contribution in [0.15, 0.2) is 30.3 Å². The van der Waals surface area contributed by atoms with E-state index in [1.165, 1.54) is 24.3 Å². The highest BCUT2D eigenvalue weighted by Gasteiger charge is 2.74. The molecule has 2 unspecified atom stereocenters. The molecular weight excluding hydrogens is 267 g/mol. The Bertz CT molecular complexity index is 479. The fourth-order valence-corrected chi connectivity index (χ4v) is 2.57. The van der Waals surface area contributed by atoms with Crippen molar-refractivity contribution in [2.45, 2.75) is 36.6 Å². The fourth-order valence-electron chi connectivity index (χ4n) is 2.57. The first-order chi connectivity index (χ1) is 8.76. The standard InChI is InChI=1S/C12H11F5N2/c13-10(14)6-9(7-10)19-11(18-19,12(15,16)17)8-4-2-1-3-5-8/h1-5,9,18H,6-7H2. The maximum absolute atomic E-state index is 13.3. The summed E-state index contributed by atoms with van der Waals surface area (Å²) in [5.41, 5.74) is -0.0312. The van der Waals surface area contributed by atoms with Crippen molar-refractivity contribution in [3.8, 4) is 0 Å². The lowest BCUT2D eigenvalue weighted by Gasteiger charge is -2.36. The van der Waals surface area contributed by atoms with Crippen molar-refractivity contribution in [3.05, 3.63) is 35.9 Å². The molecule has 2 fully saturated rings. The summed E-state index contributed by atoms with van der Waals surface area (Å²) in [6.45, 7) is 0. The number of rotatable bonds is 2. The minimum atomic E-state index is -4.56. The molecule has 2 nitrogen and oxygen atoms in total. The van der Waals surface area contributed by atoms with E-state index in [0.29, 0.717) is 0 Å². The first-order valence-corrected chi connectivity index (χ1v) is 5.83. The summed E-state index contributed by atoms with van der Waals surface area (Å²) < 4.78 is 65.3. The zero-order chi connectivity index (χ0) is 13.9. The van der Waals surface area contributed by atoms with Gasteiger partial charge in [0.15, 0.2) is 0 Å². The van der Waals surface area contributed by atoms with E-state index in [9.17, 15) is 22.0 Å². The predicted molar refractivity (Wildman–Crippen MR) is 57.1 cm³/mol. The van der Waals surface area contributed by atoms with Crippen molar-refractivity contribution in [1.29, 1.82) is 0 Å². The van der Waals surface area contributed by atoms with E-state index in [4.69, 9.17) is 0 Å². The molecule has 3 rings (SSSR count). The number of nitrogens with one attached hydrogen (secondary N) is 1. The van der Waals surface area contributed by atoms with Crippen LogP contribution in [0.3, 0.4) is 0 Å². The van der Waals surface area contributed by atoms with Gasteiger partial charge in [0.25, 0.3) is 5.92 Å². The SMILES string of the molecule is FC1(F)CC(N2NC2(c2ccccc2)C(F)(F)F)C1. The van der Waals surface area contributed by atoms with Gasteiger partial charge in [-0.3, -0.25) is 0 Å². The third kappa shape index (κ3) is 1.83. The second-order valence-electron chi connectivity index (χ2n) is 4.97. The van der Waals surface area contributed by atoms with E-state index >= 15 is 0 Å². The van der Waals surface area contributed by atoms with Gasteiger partial charge in [-0.2, -0.15) is 13.2 Å². The Morgan fingerprint density at radius 2 is 1.68 bits per heavy atom. The van der Waals surface area contributed by atoms with Crippen LogP contribution in [0, 0.1) is 0 Å². The molecule has 1 aromatic carbocycles. The average molecular weight is 278 g/mol. The average Bonchev–Trinajstić information content (AvgIpc) is 3.02. The van der Waals surface area contributed by atoms with E-state index in [-0.39, 0.29) is 5.56 Å². The number of halogens is 5. The van der Waals surface area contributed by atoms with Crippen molar-refractivity contribution in [3.63, 3.8) is 0 Å². The number of nitrogens with zero attached hydrogens (tertiary/aromatic N) is 1. The summed E-state index contributed by atoms with van der Waals surface area (Å²) in [5.74, 6) is -2.84. The smallest absolute Gasteiger partial charge is 0.219 e. The topological polar surface area (TPSA) is 25.0 Å². The van der Waals surface area contributed by atoms with Gasteiger partial charge in [-0.25, -0.2) is 19.2 Å². The molecule has 0 bridgehead atoms. The van der Waals surface area contributed by atoms with Crippen molar-refractivity contribution in [1.82, 2.24) is 10.4 Å². The minimum absolute atomic E-state index is 0.0257. The van der Waals surface area contributed by atoms with Crippen LogP contribution in [-0.2, 0) is 5.66 Å². The zero-order valence-electron chi connectivity index (χ0n) is 9.72. The molecule has 19 heavy (non-hydrogen) atoms. The van der Waals surface area contributed by atoms with E-state index in [2.05, 4.69) is 5.43 Å². The van der Waals surface area contributed by atoms with Crippen LogP contribution < -0.4 is 5.43 Å². The maximum atomic E-state index is 13.3. The molecule has 0 aromatic heterocycles. The van der Waals surface area contributed by atoms with Crippen molar-refractivity contribution >= 4 is 0 Å². The van der Waals surface area contributed by atoms with Crippen molar-refractivity contribution in [2.75, 3.05) is 0 Å². The zero-order valence-corrected chi connectivity index (χ0v) is 9.72. The molecule has 7 heteroatoms. The lowest BCUT2D eigenvalue weighted by Crippen LogP contribution is -2.48. The Labute approximate surface area is 106 Å². The molecule has 1 aliphatic carbocycles.